The lowest BCUT2D eigenvalue weighted by Crippen LogP contribution is -2.08. The third kappa shape index (κ3) is 4.79. The Balaban J connectivity index is 1.80. The monoisotopic (exact) mass is 419 g/mol. The standard InChI is InChI=1S/C22H20F3NO2S/c1-3-18(19-10-11-20(29-19)21(26)27)28-16-8-9-17(13(2)12-16)14-4-6-15(7-5-14)22(23,24)25/h4-12,18H,3H2,1-2H3,(H2,26,27). The van der Waals surface area contributed by atoms with Gasteiger partial charge in [-0.15, -0.1) is 11.3 Å². The molecular weight excluding hydrogens is 399 g/mol. The van der Waals surface area contributed by atoms with E-state index in [4.69, 9.17) is 10.5 Å². The molecule has 3 aromatic rings. The van der Waals surface area contributed by atoms with Crippen LogP contribution in [0.25, 0.3) is 11.1 Å². The highest BCUT2D eigenvalue weighted by atomic mass is 32.1. The van der Waals surface area contributed by atoms with Crippen LogP contribution in [0.4, 0.5) is 13.2 Å². The SMILES string of the molecule is CCC(Oc1ccc(-c2ccc(C(F)(F)F)cc2)c(C)c1)c1ccc(C(N)=O)s1. The van der Waals surface area contributed by atoms with Crippen molar-refractivity contribution in [2.75, 3.05) is 0 Å². The Morgan fingerprint density at radius 1 is 1.10 bits per heavy atom. The molecule has 3 rings (SSSR count). The highest BCUT2D eigenvalue weighted by molar-refractivity contribution is 7.14. The Morgan fingerprint density at radius 3 is 2.31 bits per heavy atom. The van der Waals surface area contributed by atoms with E-state index in [1.54, 1.807) is 12.1 Å². The molecule has 0 aliphatic heterocycles. The summed E-state index contributed by atoms with van der Waals surface area (Å²) in [4.78, 5) is 12.7. The largest absolute Gasteiger partial charge is 0.485 e. The first kappa shape index (κ1) is 20.9. The zero-order valence-electron chi connectivity index (χ0n) is 15.9. The summed E-state index contributed by atoms with van der Waals surface area (Å²) >= 11 is 1.31. The van der Waals surface area contributed by atoms with Crippen LogP contribution in [0.1, 0.15) is 45.1 Å². The van der Waals surface area contributed by atoms with E-state index in [1.165, 1.54) is 23.5 Å². The van der Waals surface area contributed by atoms with Crippen LogP contribution < -0.4 is 10.5 Å². The minimum Gasteiger partial charge on any atom is -0.485 e. The summed E-state index contributed by atoms with van der Waals surface area (Å²) in [5.41, 5.74) is 7.08. The summed E-state index contributed by atoms with van der Waals surface area (Å²) in [7, 11) is 0. The van der Waals surface area contributed by atoms with Gasteiger partial charge in [0.2, 0.25) is 0 Å². The molecule has 152 valence electrons. The highest BCUT2D eigenvalue weighted by Gasteiger charge is 2.30. The highest BCUT2D eigenvalue weighted by Crippen LogP contribution is 2.34. The number of rotatable bonds is 6. The molecule has 1 aromatic heterocycles. The lowest BCUT2D eigenvalue weighted by molar-refractivity contribution is -0.137. The van der Waals surface area contributed by atoms with Crippen molar-refractivity contribution in [3.05, 3.63) is 75.5 Å². The molecule has 1 heterocycles. The average molecular weight is 419 g/mol. The smallest absolute Gasteiger partial charge is 0.416 e. The molecule has 0 bridgehead atoms. The van der Waals surface area contributed by atoms with Gasteiger partial charge in [-0.3, -0.25) is 4.79 Å². The molecule has 2 aromatic carbocycles. The lowest BCUT2D eigenvalue weighted by atomic mass is 9.99. The molecule has 1 atom stereocenters. The van der Waals surface area contributed by atoms with E-state index in [0.717, 1.165) is 28.1 Å². The normalized spacial score (nSPS) is 12.6. The van der Waals surface area contributed by atoms with Crippen molar-refractivity contribution in [1.82, 2.24) is 0 Å². The number of hydrogen-bond acceptors (Lipinski definition) is 3. The lowest BCUT2D eigenvalue weighted by Gasteiger charge is -2.18. The molecule has 1 amide bonds. The minimum atomic E-state index is -4.35. The molecule has 2 N–H and O–H groups in total. The molecule has 0 radical (unpaired) electrons. The Labute approximate surface area is 170 Å². The third-order valence-corrected chi connectivity index (χ3v) is 5.75. The number of hydrogen-bond donors (Lipinski definition) is 1. The maximum Gasteiger partial charge on any atom is 0.416 e. The number of carbonyl (C=O) groups excluding carboxylic acids is 1. The van der Waals surface area contributed by atoms with Crippen molar-refractivity contribution >= 4 is 17.2 Å². The van der Waals surface area contributed by atoms with Gasteiger partial charge < -0.3 is 10.5 Å². The Bertz CT molecular complexity index is 1010. The first-order chi connectivity index (χ1) is 13.7. The fraction of sp³-hybridized carbons (Fsp3) is 0.227. The van der Waals surface area contributed by atoms with Crippen LogP contribution in [0.15, 0.2) is 54.6 Å². The van der Waals surface area contributed by atoms with E-state index < -0.39 is 17.6 Å². The van der Waals surface area contributed by atoms with Crippen LogP contribution in [-0.2, 0) is 6.18 Å². The predicted octanol–water partition coefficient (Wildman–Crippen LogP) is 6.37. The van der Waals surface area contributed by atoms with E-state index in [0.29, 0.717) is 22.6 Å². The fourth-order valence-electron chi connectivity index (χ4n) is 3.04. The summed E-state index contributed by atoms with van der Waals surface area (Å²) in [6.07, 6.45) is -3.86. The second-order valence-electron chi connectivity index (χ2n) is 6.63. The van der Waals surface area contributed by atoms with Gasteiger partial charge >= 0.3 is 6.18 Å². The average Bonchev–Trinajstić information content (AvgIpc) is 3.16. The second kappa shape index (κ2) is 8.29. The van der Waals surface area contributed by atoms with Gasteiger partial charge in [0.05, 0.1) is 10.4 Å². The first-order valence-corrected chi connectivity index (χ1v) is 9.85. The molecule has 0 saturated carbocycles. The number of amides is 1. The van der Waals surface area contributed by atoms with Gasteiger partial charge in [0.1, 0.15) is 11.9 Å². The van der Waals surface area contributed by atoms with E-state index >= 15 is 0 Å². The van der Waals surface area contributed by atoms with Crippen molar-refractivity contribution in [1.29, 1.82) is 0 Å². The van der Waals surface area contributed by atoms with Crippen LogP contribution in [-0.4, -0.2) is 5.91 Å². The molecule has 1 unspecified atom stereocenters. The van der Waals surface area contributed by atoms with E-state index in [1.807, 2.05) is 32.0 Å². The summed E-state index contributed by atoms with van der Waals surface area (Å²) < 4.78 is 44.3. The van der Waals surface area contributed by atoms with Crippen LogP contribution >= 0.6 is 11.3 Å². The van der Waals surface area contributed by atoms with Gasteiger partial charge in [0.15, 0.2) is 0 Å². The van der Waals surface area contributed by atoms with Crippen molar-refractivity contribution in [3.63, 3.8) is 0 Å². The number of nitrogens with two attached hydrogens (primary N) is 1. The number of halogens is 3. The Morgan fingerprint density at radius 2 is 1.79 bits per heavy atom. The maximum absolute atomic E-state index is 12.8. The van der Waals surface area contributed by atoms with Crippen LogP contribution in [0.2, 0.25) is 0 Å². The number of primary amides is 1. The number of benzene rings is 2. The van der Waals surface area contributed by atoms with E-state index in [2.05, 4.69) is 0 Å². The van der Waals surface area contributed by atoms with E-state index in [-0.39, 0.29) is 6.10 Å². The zero-order chi connectivity index (χ0) is 21.2. The van der Waals surface area contributed by atoms with Crippen molar-refractivity contribution in [3.8, 4) is 16.9 Å². The molecule has 0 fully saturated rings. The molecule has 7 heteroatoms. The number of aryl methyl sites for hydroxylation is 1. The van der Waals surface area contributed by atoms with E-state index in [9.17, 15) is 18.0 Å². The second-order valence-corrected chi connectivity index (χ2v) is 7.75. The number of thiophene rings is 1. The molecule has 3 nitrogen and oxygen atoms in total. The first-order valence-electron chi connectivity index (χ1n) is 9.03. The van der Waals surface area contributed by atoms with Crippen LogP contribution in [0.5, 0.6) is 5.75 Å². The summed E-state index contributed by atoms with van der Waals surface area (Å²) in [6, 6.07) is 14.1. The van der Waals surface area contributed by atoms with Gasteiger partial charge in [-0.1, -0.05) is 25.1 Å². The van der Waals surface area contributed by atoms with Gasteiger partial charge in [-0.2, -0.15) is 13.2 Å². The van der Waals surface area contributed by atoms with Crippen molar-refractivity contribution in [2.24, 2.45) is 5.73 Å². The molecule has 0 saturated heterocycles. The number of alkyl halides is 3. The number of carbonyl (C=O) groups is 1. The molecule has 29 heavy (non-hydrogen) atoms. The minimum absolute atomic E-state index is 0.218. The molecular formula is C22H20F3NO2S. The van der Waals surface area contributed by atoms with Gasteiger partial charge in [-0.25, -0.2) is 0 Å². The quantitative estimate of drug-likeness (QED) is 0.505. The fourth-order valence-corrected chi connectivity index (χ4v) is 4.01. The Hall–Kier alpha value is -2.80. The summed E-state index contributed by atoms with van der Waals surface area (Å²) in [5.74, 6) is 0.187. The van der Waals surface area contributed by atoms with Crippen LogP contribution in [0.3, 0.4) is 0 Å². The van der Waals surface area contributed by atoms with Crippen LogP contribution in [0, 0.1) is 6.92 Å². The summed E-state index contributed by atoms with van der Waals surface area (Å²) in [5, 5.41) is 0. The van der Waals surface area contributed by atoms with Crippen molar-refractivity contribution in [2.45, 2.75) is 32.5 Å². The molecule has 0 aliphatic rings. The topological polar surface area (TPSA) is 52.3 Å². The molecule has 0 spiro atoms. The third-order valence-electron chi connectivity index (χ3n) is 4.56. The zero-order valence-corrected chi connectivity index (χ0v) is 16.7. The Kier molecular flexibility index (Phi) is 5.98. The predicted molar refractivity (Wildman–Crippen MR) is 108 cm³/mol. The van der Waals surface area contributed by atoms with Crippen molar-refractivity contribution < 1.29 is 22.7 Å². The number of ether oxygens (including phenoxy) is 1. The van der Waals surface area contributed by atoms with Gasteiger partial charge in [0.25, 0.3) is 5.91 Å². The van der Waals surface area contributed by atoms with Gasteiger partial charge in [-0.05, 0) is 66.4 Å². The van der Waals surface area contributed by atoms with Gasteiger partial charge in [0, 0.05) is 4.88 Å². The summed E-state index contributed by atoms with van der Waals surface area (Å²) in [6.45, 7) is 3.87. The molecule has 0 aliphatic carbocycles. The maximum atomic E-state index is 12.8.